The summed E-state index contributed by atoms with van der Waals surface area (Å²) in [6.45, 7) is 5.94. The summed E-state index contributed by atoms with van der Waals surface area (Å²) in [5.74, 6) is 0. The normalized spacial score (nSPS) is 12.3. The van der Waals surface area contributed by atoms with Crippen LogP contribution < -0.4 is 0 Å². The Labute approximate surface area is 84.9 Å². The summed E-state index contributed by atoms with van der Waals surface area (Å²) >= 11 is 0. The van der Waals surface area contributed by atoms with Gasteiger partial charge in [0.25, 0.3) is 0 Å². The van der Waals surface area contributed by atoms with Crippen LogP contribution in [0.15, 0.2) is 35.3 Å². The highest BCUT2D eigenvalue weighted by molar-refractivity contribution is 6.11. The first kappa shape index (κ1) is 10.5. The van der Waals surface area contributed by atoms with Crippen molar-refractivity contribution in [3.63, 3.8) is 0 Å². The van der Waals surface area contributed by atoms with E-state index < -0.39 is 0 Å². The zero-order chi connectivity index (χ0) is 10.6. The third kappa shape index (κ3) is 3.02. The molecule has 0 aliphatic heterocycles. The smallest absolute Gasteiger partial charge is 0.142 e. The molecule has 0 heterocycles. The molecule has 0 radical (unpaired) electrons. The highest BCUT2D eigenvalue weighted by atomic mass is 14.8. The molecule has 1 aromatic carbocycles. The van der Waals surface area contributed by atoms with Crippen molar-refractivity contribution in [3.8, 4) is 6.07 Å². The molecule has 0 amide bonds. The van der Waals surface area contributed by atoms with E-state index in [1.807, 2.05) is 51.1 Å². The number of hydrogen-bond acceptors (Lipinski definition) is 2. The lowest BCUT2D eigenvalue weighted by Gasteiger charge is -2.12. The number of nitriles is 1. The Hall–Kier alpha value is -1.62. The van der Waals surface area contributed by atoms with E-state index in [1.54, 1.807) is 0 Å². The molecule has 1 rings (SSSR count). The quantitative estimate of drug-likeness (QED) is 0.621. The van der Waals surface area contributed by atoms with Crippen LogP contribution in [0.2, 0.25) is 0 Å². The number of nitrogens with zero attached hydrogens (tertiary/aromatic N) is 2. The number of rotatable bonds is 1. The minimum Gasteiger partial charge on any atom is -0.268 e. The van der Waals surface area contributed by atoms with Crippen LogP contribution >= 0.6 is 0 Å². The standard InChI is InChI=1S/C12H14N2/c1-12(2,3)14-11(9-13)10-7-5-4-6-8-10/h4-8H,1-3H3. The second kappa shape index (κ2) is 4.06. The minimum atomic E-state index is -0.207. The Morgan fingerprint density at radius 3 is 2.21 bits per heavy atom. The van der Waals surface area contributed by atoms with Gasteiger partial charge in [-0.25, -0.2) is 0 Å². The van der Waals surface area contributed by atoms with Gasteiger partial charge < -0.3 is 0 Å². The largest absolute Gasteiger partial charge is 0.268 e. The molecule has 0 saturated carbocycles. The van der Waals surface area contributed by atoms with Crippen LogP contribution in [-0.4, -0.2) is 11.3 Å². The predicted octanol–water partition coefficient (Wildman–Crippen LogP) is 2.80. The van der Waals surface area contributed by atoms with Crippen molar-refractivity contribution >= 4 is 5.71 Å². The molecule has 0 aliphatic rings. The van der Waals surface area contributed by atoms with Gasteiger partial charge in [-0.1, -0.05) is 30.3 Å². The van der Waals surface area contributed by atoms with Crippen LogP contribution in [-0.2, 0) is 0 Å². The number of benzene rings is 1. The monoisotopic (exact) mass is 186 g/mol. The maximum Gasteiger partial charge on any atom is 0.142 e. The summed E-state index contributed by atoms with van der Waals surface area (Å²) in [6, 6.07) is 11.7. The fourth-order valence-corrected chi connectivity index (χ4v) is 1.09. The zero-order valence-electron chi connectivity index (χ0n) is 8.78. The van der Waals surface area contributed by atoms with E-state index in [0.717, 1.165) is 5.56 Å². The molecule has 0 fully saturated rings. The lowest BCUT2D eigenvalue weighted by Crippen LogP contribution is -2.14. The van der Waals surface area contributed by atoms with Crippen LogP contribution in [0.25, 0.3) is 0 Å². The molecular formula is C12H14N2. The summed E-state index contributed by atoms with van der Waals surface area (Å²) in [6.07, 6.45) is 0. The third-order valence-electron chi connectivity index (χ3n) is 1.60. The van der Waals surface area contributed by atoms with E-state index in [4.69, 9.17) is 5.26 Å². The second-order valence-electron chi connectivity index (χ2n) is 4.11. The van der Waals surface area contributed by atoms with Gasteiger partial charge in [-0.3, -0.25) is 4.99 Å². The van der Waals surface area contributed by atoms with Crippen molar-refractivity contribution < 1.29 is 0 Å². The van der Waals surface area contributed by atoms with Gasteiger partial charge in [0.05, 0.1) is 5.54 Å². The fraction of sp³-hybridized carbons (Fsp3) is 0.333. The van der Waals surface area contributed by atoms with Crippen LogP contribution in [0.1, 0.15) is 26.3 Å². The van der Waals surface area contributed by atoms with Gasteiger partial charge in [-0.05, 0) is 20.8 Å². The molecular weight excluding hydrogens is 172 g/mol. The molecule has 0 unspecified atom stereocenters. The van der Waals surface area contributed by atoms with E-state index in [9.17, 15) is 0 Å². The Kier molecular flexibility index (Phi) is 3.03. The van der Waals surface area contributed by atoms with E-state index in [2.05, 4.69) is 11.1 Å². The van der Waals surface area contributed by atoms with Gasteiger partial charge in [0.1, 0.15) is 11.8 Å². The molecule has 2 heteroatoms. The van der Waals surface area contributed by atoms with Crippen LogP contribution in [0.5, 0.6) is 0 Å². The minimum absolute atomic E-state index is 0.207. The Morgan fingerprint density at radius 1 is 1.21 bits per heavy atom. The Morgan fingerprint density at radius 2 is 1.79 bits per heavy atom. The highest BCUT2D eigenvalue weighted by Crippen LogP contribution is 2.10. The summed E-state index contributed by atoms with van der Waals surface area (Å²) in [7, 11) is 0. The molecule has 0 aromatic heterocycles. The summed E-state index contributed by atoms with van der Waals surface area (Å²) in [5, 5.41) is 8.96. The zero-order valence-corrected chi connectivity index (χ0v) is 8.78. The van der Waals surface area contributed by atoms with Gasteiger partial charge in [-0.15, -0.1) is 0 Å². The molecule has 72 valence electrons. The third-order valence-corrected chi connectivity index (χ3v) is 1.60. The number of aliphatic imine (C=N–C) groups is 1. The van der Waals surface area contributed by atoms with E-state index in [0.29, 0.717) is 5.71 Å². The van der Waals surface area contributed by atoms with Crippen molar-refractivity contribution in [2.24, 2.45) is 4.99 Å². The molecule has 0 bridgehead atoms. The van der Waals surface area contributed by atoms with Crippen molar-refractivity contribution in [1.29, 1.82) is 5.26 Å². The van der Waals surface area contributed by atoms with Crippen molar-refractivity contribution in [2.75, 3.05) is 0 Å². The van der Waals surface area contributed by atoms with Crippen molar-refractivity contribution in [3.05, 3.63) is 35.9 Å². The SMILES string of the molecule is CC(C)(C)N=C(C#N)c1ccccc1. The lowest BCUT2D eigenvalue weighted by molar-refractivity contribution is 0.585. The number of hydrogen-bond donors (Lipinski definition) is 0. The molecule has 0 spiro atoms. The molecule has 2 nitrogen and oxygen atoms in total. The molecule has 0 aliphatic carbocycles. The first-order valence-corrected chi connectivity index (χ1v) is 4.58. The Balaban J connectivity index is 3.08. The second-order valence-corrected chi connectivity index (χ2v) is 4.11. The van der Waals surface area contributed by atoms with Crippen LogP contribution in [0.3, 0.4) is 0 Å². The molecule has 1 aromatic rings. The van der Waals surface area contributed by atoms with Crippen molar-refractivity contribution in [2.45, 2.75) is 26.3 Å². The van der Waals surface area contributed by atoms with Gasteiger partial charge in [0.2, 0.25) is 0 Å². The molecule has 14 heavy (non-hydrogen) atoms. The van der Waals surface area contributed by atoms with Gasteiger partial charge in [0.15, 0.2) is 0 Å². The van der Waals surface area contributed by atoms with E-state index in [1.165, 1.54) is 0 Å². The lowest BCUT2D eigenvalue weighted by atomic mass is 10.1. The fourth-order valence-electron chi connectivity index (χ4n) is 1.09. The molecule has 0 saturated heterocycles. The first-order valence-electron chi connectivity index (χ1n) is 4.58. The van der Waals surface area contributed by atoms with Crippen LogP contribution in [0, 0.1) is 11.3 Å². The average molecular weight is 186 g/mol. The van der Waals surface area contributed by atoms with Gasteiger partial charge >= 0.3 is 0 Å². The van der Waals surface area contributed by atoms with E-state index >= 15 is 0 Å². The topological polar surface area (TPSA) is 36.1 Å². The van der Waals surface area contributed by atoms with Crippen molar-refractivity contribution in [1.82, 2.24) is 0 Å². The first-order chi connectivity index (χ1) is 6.53. The van der Waals surface area contributed by atoms with Gasteiger partial charge in [0, 0.05) is 5.56 Å². The van der Waals surface area contributed by atoms with Gasteiger partial charge in [-0.2, -0.15) is 5.26 Å². The highest BCUT2D eigenvalue weighted by Gasteiger charge is 2.10. The van der Waals surface area contributed by atoms with Crippen LogP contribution in [0.4, 0.5) is 0 Å². The predicted molar refractivity (Wildman–Crippen MR) is 58.3 cm³/mol. The van der Waals surface area contributed by atoms with E-state index in [-0.39, 0.29) is 5.54 Å². The Bertz CT molecular complexity index is 364. The summed E-state index contributed by atoms with van der Waals surface area (Å²) < 4.78 is 0. The summed E-state index contributed by atoms with van der Waals surface area (Å²) in [4.78, 5) is 4.35. The maximum atomic E-state index is 8.96. The average Bonchev–Trinajstić information content (AvgIpc) is 2.14. The molecule has 0 atom stereocenters. The molecule has 0 N–H and O–H groups in total. The summed E-state index contributed by atoms with van der Waals surface area (Å²) in [5.41, 5.74) is 1.17. The maximum absolute atomic E-state index is 8.96.